The summed E-state index contributed by atoms with van der Waals surface area (Å²) >= 11 is 14.8. The fraction of sp³-hybridized carbons (Fsp3) is 0.263. The average Bonchev–Trinajstić information content (AvgIpc) is 3.30. The lowest BCUT2D eigenvalue weighted by molar-refractivity contribution is -0.113. The molecule has 2 N–H and O–H groups in total. The highest BCUT2D eigenvalue weighted by Gasteiger charge is 2.24. The third-order valence-corrected chi connectivity index (χ3v) is 7.12. The van der Waals surface area contributed by atoms with Gasteiger partial charge in [-0.1, -0.05) is 35.0 Å². The Balaban J connectivity index is 1.40. The fourth-order valence-corrected chi connectivity index (χ4v) is 5.53. The third-order valence-electron chi connectivity index (χ3n) is 4.60. The van der Waals surface area contributed by atoms with Crippen molar-refractivity contribution in [2.45, 2.75) is 18.1 Å². The van der Waals surface area contributed by atoms with Crippen molar-refractivity contribution in [2.24, 2.45) is 0 Å². The zero-order chi connectivity index (χ0) is 21.3. The summed E-state index contributed by atoms with van der Waals surface area (Å²) in [6, 6.07) is 7.35. The summed E-state index contributed by atoms with van der Waals surface area (Å²) in [6.45, 7) is 1.71. The fourth-order valence-electron chi connectivity index (χ4n) is 3.14. The number of carbonyl (C=O) groups excluding carboxylic acids is 1. The van der Waals surface area contributed by atoms with Gasteiger partial charge in [-0.25, -0.2) is 4.98 Å². The Kier molecular flexibility index (Phi) is 6.32. The lowest BCUT2D eigenvalue weighted by atomic mass is 10.0. The van der Waals surface area contributed by atoms with Gasteiger partial charge in [0.25, 0.3) is 0 Å². The standard InChI is InChI=1S/C19H16Cl2N6OS2/c1-27-5-4-11-13(7-22)18(30-15(11)8-27)23-16(28)9-29-19-24-17(25-26-19)12-3-2-10(20)6-14(12)21/h2-3,6H,4-5,8-9H2,1H3,(H,23,28)(H,24,25,26). The Morgan fingerprint density at radius 2 is 2.30 bits per heavy atom. The van der Waals surface area contributed by atoms with Crippen LogP contribution in [0.5, 0.6) is 0 Å². The topological polar surface area (TPSA) is 97.7 Å². The maximum atomic E-state index is 12.5. The average molecular weight is 479 g/mol. The molecule has 1 aromatic carbocycles. The second-order valence-corrected chi connectivity index (χ2v) is 9.63. The van der Waals surface area contributed by atoms with Crippen LogP contribution in [0.3, 0.4) is 0 Å². The Bertz CT molecular complexity index is 1150. The lowest BCUT2D eigenvalue weighted by Gasteiger charge is -2.21. The van der Waals surface area contributed by atoms with Gasteiger partial charge >= 0.3 is 0 Å². The number of hydrogen-bond acceptors (Lipinski definition) is 7. The molecule has 2 aromatic heterocycles. The van der Waals surface area contributed by atoms with Crippen molar-refractivity contribution >= 4 is 57.2 Å². The number of fused-ring (bicyclic) bond motifs is 1. The Morgan fingerprint density at radius 3 is 3.07 bits per heavy atom. The number of carbonyl (C=O) groups is 1. The predicted octanol–water partition coefficient (Wildman–Crippen LogP) is 4.43. The molecule has 0 atom stereocenters. The number of amides is 1. The first kappa shape index (κ1) is 21.2. The maximum Gasteiger partial charge on any atom is 0.235 e. The number of anilines is 1. The number of thiophene rings is 1. The van der Waals surface area contributed by atoms with Crippen LogP contribution in [-0.4, -0.2) is 45.3 Å². The lowest BCUT2D eigenvalue weighted by Crippen LogP contribution is -2.25. The van der Waals surface area contributed by atoms with Crippen molar-refractivity contribution in [1.29, 1.82) is 5.26 Å². The highest BCUT2D eigenvalue weighted by atomic mass is 35.5. The molecule has 0 saturated heterocycles. The van der Waals surface area contributed by atoms with Gasteiger partial charge in [0.15, 0.2) is 5.82 Å². The van der Waals surface area contributed by atoms with Crippen molar-refractivity contribution in [2.75, 3.05) is 24.7 Å². The molecule has 0 spiro atoms. The number of benzene rings is 1. The number of halogens is 2. The van der Waals surface area contributed by atoms with Gasteiger partial charge in [0, 0.05) is 28.6 Å². The maximum absolute atomic E-state index is 12.5. The Morgan fingerprint density at radius 1 is 1.47 bits per heavy atom. The van der Waals surface area contributed by atoms with Gasteiger partial charge < -0.3 is 10.2 Å². The highest BCUT2D eigenvalue weighted by Crippen LogP contribution is 2.36. The number of thioether (sulfide) groups is 1. The molecule has 11 heteroatoms. The summed E-state index contributed by atoms with van der Waals surface area (Å²) in [6.07, 6.45) is 0.822. The predicted molar refractivity (Wildman–Crippen MR) is 120 cm³/mol. The molecule has 0 bridgehead atoms. The zero-order valence-corrected chi connectivity index (χ0v) is 19.0. The van der Waals surface area contributed by atoms with E-state index in [0.717, 1.165) is 30.0 Å². The van der Waals surface area contributed by atoms with E-state index in [-0.39, 0.29) is 11.7 Å². The molecule has 1 aliphatic heterocycles. The van der Waals surface area contributed by atoms with Crippen molar-refractivity contribution in [1.82, 2.24) is 20.1 Å². The second kappa shape index (κ2) is 8.96. The first-order valence-electron chi connectivity index (χ1n) is 8.98. The van der Waals surface area contributed by atoms with E-state index in [9.17, 15) is 10.1 Å². The number of likely N-dealkylation sites (N-methyl/N-ethyl adjacent to an activating group) is 1. The molecule has 1 aliphatic rings. The van der Waals surface area contributed by atoms with E-state index < -0.39 is 0 Å². The minimum atomic E-state index is -0.209. The normalized spacial score (nSPS) is 13.7. The van der Waals surface area contributed by atoms with E-state index in [1.54, 1.807) is 18.2 Å². The summed E-state index contributed by atoms with van der Waals surface area (Å²) in [5.74, 6) is 0.416. The van der Waals surface area contributed by atoms with Crippen LogP contribution in [-0.2, 0) is 17.8 Å². The monoisotopic (exact) mass is 478 g/mol. The largest absolute Gasteiger partial charge is 0.316 e. The van der Waals surface area contributed by atoms with Crippen LogP contribution in [0, 0.1) is 11.3 Å². The van der Waals surface area contributed by atoms with Crippen LogP contribution >= 0.6 is 46.3 Å². The molecule has 7 nitrogen and oxygen atoms in total. The molecule has 0 aliphatic carbocycles. The molecule has 154 valence electrons. The number of aromatic nitrogens is 3. The smallest absolute Gasteiger partial charge is 0.235 e. The number of aromatic amines is 1. The van der Waals surface area contributed by atoms with Crippen molar-refractivity contribution in [3.05, 3.63) is 44.2 Å². The third kappa shape index (κ3) is 4.48. The first-order valence-corrected chi connectivity index (χ1v) is 11.5. The van der Waals surface area contributed by atoms with Crippen LogP contribution in [0.1, 0.15) is 16.0 Å². The van der Waals surface area contributed by atoms with E-state index in [1.165, 1.54) is 23.1 Å². The Labute approximate surface area is 191 Å². The highest BCUT2D eigenvalue weighted by molar-refractivity contribution is 7.99. The molecule has 4 rings (SSSR count). The number of hydrogen-bond donors (Lipinski definition) is 2. The minimum absolute atomic E-state index is 0.124. The molecular weight excluding hydrogens is 463 g/mol. The molecule has 3 aromatic rings. The number of H-pyrrole nitrogens is 1. The summed E-state index contributed by atoms with van der Waals surface area (Å²) in [7, 11) is 2.05. The van der Waals surface area contributed by atoms with Gasteiger partial charge in [0.1, 0.15) is 11.1 Å². The van der Waals surface area contributed by atoms with E-state index >= 15 is 0 Å². The molecule has 0 fully saturated rings. The van der Waals surface area contributed by atoms with Crippen molar-refractivity contribution < 1.29 is 4.79 Å². The van der Waals surface area contributed by atoms with Gasteiger partial charge in [-0.2, -0.15) is 5.26 Å². The quantitative estimate of drug-likeness (QED) is 0.526. The van der Waals surface area contributed by atoms with Gasteiger partial charge in [-0.05, 0) is 37.2 Å². The van der Waals surface area contributed by atoms with Gasteiger partial charge in [-0.15, -0.1) is 16.4 Å². The van der Waals surface area contributed by atoms with E-state index in [0.29, 0.717) is 37.2 Å². The van der Waals surface area contributed by atoms with Gasteiger partial charge in [-0.3, -0.25) is 9.89 Å². The van der Waals surface area contributed by atoms with Crippen molar-refractivity contribution in [3.8, 4) is 17.5 Å². The SMILES string of the molecule is CN1CCc2c(sc(NC(=O)CSc3n[nH]c(-c4ccc(Cl)cc4Cl)n3)c2C#N)C1. The van der Waals surface area contributed by atoms with Gasteiger partial charge in [0.05, 0.1) is 16.3 Å². The van der Waals surface area contributed by atoms with Crippen molar-refractivity contribution in [3.63, 3.8) is 0 Å². The summed E-state index contributed by atoms with van der Waals surface area (Å²) in [4.78, 5) is 20.2. The summed E-state index contributed by atoms with van der Waals surface area (Å²) < 4.78 is 0. The van der Waals surface area contributed by atoms with E-state index in [2.05, 4.69) is 31.5 Å². The minimum Gasteiger partial charge on any atom is -0.316 e. The number of nitriles is 1. The molecule has 1 amide bonds. The molecule has 0 saturated carbocycles. The zero-order valence-electron chi connectivity index (χ0n) is 15.8. The number of nitrogens with zero attached hydrogens (tertiary/aromatic N) is 4. The number of nitrogens with one attached hydrogen (secondary N) is 2. The summed E-state index contributed by atoms with van der Waals surface area (Å²) in [5, 5.41) is 21.4. The van der Waals surface area contributed by atoms with Crippen LogP contribution < -0.4 is 5.32 Å². The molecule has 0 unspecified atom stereocenters. The van der Waals surface area contributed by atoms with Crippen LogP contribution in [0.2, 0.25) is 10.0 Å². The van der Waals surface area contributed by atoms with E-state index in [4.69, 9.17) is 23.2 Å². The first-order chi connectivity index (χ1) is 14.4. The number of rotatable bonds is 5. The van der Waals surface area contributed by atoms with Gasteiger partial charge in [0.2, 0.25) is 11.1 Å². The molecular formula is C19H16Cl2N6OS2. The Hall–Kier alpha value is -2.09. The molecule has 0 radical (unpaired) electrons. The van der Waals surface area contributed by atoms with Crippen LogP contribution in [0.25, 0.3) is 11.4 Å². The molecule has 30 heavy (non-hydrogen) atoms. The molecule has 3 heterocycles. The van der Waals surface area contributed by atoms with Crippen LogP contribution in [0.15, 0.2) is 23.4 Å². The second-order valence-electron chi connectivity index (χ2n) is 6.74. The van der Waals surface area contributed by atoms with Crippen LogP contribution in [0.4, 0.5) is 5.00 Å². The van der Waals surface area contributed by atoms with E-state index in [1.807, 2.05) is 7.05 Å². The summed E-state index contributed by atoms with van der Waals surface area (Å²) in [5.41, 5.74) is 2.32.